The van der Waals surface area contributed by atoms with Crippen LogP contribution in [0.4, 0.5) is 0 Å². The van der Waals surface area contributed by atoms with E-state index in [-0.39, 0.29) is 5.56 Å². The summed E-state index contributed by atoms with van der Waals surface area (Å²) in [6.07, 6.45) is 0. The fourth-order valence-electron chi connectivity index (χ4n) is 1.60. The van der Waals surface area contributed by atoms with Crippen LogP contribution in [0.15, 0.2) is 41.2 Å². The first-order chi connectivity index (χ1) is 6.83. The van der Waals surface area contributed by atoms with E-state index in [1.165, 1.54) is 0 Å². The summed E-state index contributed by atoms with van der Waals surface area (Å²) in [6.45, 7) is 1.05. The van der Waals surface area contributed by atoms with Crippen molar-refractivity contribution in [3.8, 4) is 0 Å². The Morgan fingerprint density at radius 3 is 2.71 bits per heavy atom. The van der Waals surface area contributed by atoms with E-state index >= 15 is 0 Å². The van der Waals surface area contributed by atoms with Gasteiger partial charge in [-0.25, -0.2) is 0 Å². The summed E-state index contributed by atoms with van der Waals surface area (Å²) in [6, 6.07) is 11.2. The number of benzene rings is 1. The van der Waals surface area contributed by atoms with Crippen LogP contribution in [0.25, 0.3) is 10.9 Å². The van der Waals surface area contributed by atoms with Crippen LogP contribution in [-0.4, -0.2) is 11.1 Å². The second-order valence-electron chi connectivity index (χ2n) is 3.17. The molecule has 0 fully saturated rings. The van der Waals surface area contributed by atoms with Crippen molar-refractivity contribution in [2.75, 3.05) is 6.54 Å². The van der Waals surface area contributed by atoms with Crippen molar-refractivity contribution < 1.29 is 0 Å². The van der Waals surface area contributed by atoms with Crippen LogP contribution in [0.2, 0.25) is 0 Å². The molecule has 1 heterocycles. The third-order valence-electron chi connectivity index (χ3n) is 2.25. The minimum Gasteiger partial charge on any atom is -0.329 e. The van der Waals surface area contributed by atoms with E-state index < -0.39 is 0 Å². The Labute approximate surface area is 81.8 Å². The van der Waals surface area contributed by atoms with E-state index in [4.69, 9.17) is 5.73 Å². The zero-order valence-electron chi connectivity index (χ0n) is 7.81. The monoisotopic (exact) mass is 188 g/mol. The summed E-state index contributed by atoms with van der Waals surface area (Å²) in [4.78, 5) is 11.5. The molecule has 0 radical (unpaired) electrons. The molecule has 0 saturated carbocycles. The van der Waals surface area contributed by atoms with Crippen LogP contribution in [-0.2, 0) is 6.54 Å². The molecule has 1 aromatic carbocycles. The molecule has 72 valence electrons. The summed E-state index contributed by atoms with van der Waals surface area (Å²) in [5.74, 6) is 0. The molecule has 0 atom stereocenters. The summed E-state index contributed by atoms with van der Waals surface area (Å²) in [5.41, 5.74) is 6.42. The lowest BCUT2D eigenvalue weighted by molar-refractivity contribution is 0.707. The SMILES string of the molecule is NCCn1c(=O)ccc2ccccc21. The number of aromatic nitrogens is 1. The lowest BCUT2D eigenvalue weighted by atomic mass is 10.2. The van der Waals surface area contributed by atoms with Crippen molar-refractivity contribution in [2.45, 2.75) is 6.54 Å². The number of rotatable bonds is 2. The highest BCUT2D eigenvalue weighted by Gasteiger charge is 1.99. The van der Waals surface area contributed by atoms with Gasteiger partial charge >= 0.3 is 0 Å². The summed E-state index contributed by atoms with van der Waals surface area (Å²) >= 11 is 0. The predicted octanol–water partition coefficient (Wildman–Crippen LogP) is 0.960. The van der Waals surface area contributed by atoms with Crippen molar-refractivity contribution in [2.24, 2.45) is 5.73 Å². The highest BCUT2D eigenvalue weighted by molar-refractivity contribution is 5.78. The van der Waals surface area contributed by atoms with Crippen molar-refractivity contribution in [3.63, 3.8) is 0 Å². The lowest BCUT2D eigenvalue weighted by Crippen LogP contribution is -2.23. The van der Waals surface area contributed by atoms with Gasteiger partial charge in [0.2, 0.25) is 0 Å². The number of hydrogen-bond acceptors (Lipinski definition) is 2. The highest BCUT2D eigenvalue weighted by Crippen LogP contribution is 2.10. The molecule has 0 amide bonds. The fourth-order valence-corrected chi connectivity index (χ4v) is 1.60. The number of para-hydroxylation sites is 1. The van der Waals surface area contributed by atoms with Crippen molar-refractivity contribution in [1.82, 2.24) is 4.57 Å². The van der Waals surface area contributed by atoms with Crippen LogP contribution in [0, 0.1) is 0 Å². The number of fused-ring (bicyclic) bond motifs is 1. The molecule has 0 bridgehead atoms. The Morgan fingerprint density at radius 1 is 1.14 bits per heavy atom. The van der Waals surface area contributed by atoms with Gasteiger partial charge in [-0.05, 0) is 17.5 Å². The minimum absolute atomic E-state index is 0.00847. The molecule has 0 aliphatic heterocycles. The quantitative estimate of drug-likeness (QED) is 0.763. The van der Waals surface area contributed by atoms with Gasteiger partial charge in [0.1, 0.15) is 0 Å². The summed E-state index contributed by atoms with van der Waals surface area (Å²) in [5, 5.41) is 1.07. The smallest absolute Gasteiger partial charge is 0.251 e. The Balaban J connectivity index is 2.76. The van der Waals surface area contributed by atoms with Gasteiger partial charge in [-0.15, -0.1) is 0 Å². The molecular formula is C11H12N2O. The minimum atomic E-state index is 0.00847. The molecule has 3 heteroatoms. The van der Waals surface area contributed by atoms with E-state index in [9.17, 15) is 4.79 Å². The topological polar surface area (TPSA) is 48.0 Å². The number of pyridine rings is 1. The molecule has 2 rings (SSSR count). The van der Waals surface area contributed by atoms with Gasteiger partial charge in [-0.1, -0.05) is 18.2 Å². The van der Waals surface area contributed by atoms with E-state index in [0.717, 1.165) is 10.9 Å². The van der Waals surface area contributed by atoms with Crippen LogP contribution in [0.3, 0.4) is 0 Å². The van der Waals surface area contributed by atoms with Crippen LogP contribution in [0.5, 0.6) is 0 Å². The predicted molar refractivity (Wildman–Crippen MR) is 57.3 cm³/mol. The number of nitrogens with zero attached hydrogens (tertiary/aromatic N) is 1. The van der Waals surface area contributed by atoms with Crippen molar-refractivity contribution >= 4 is 10.9 Å². The molecule has 1 aromatic heterocycles. The molecule has 0 unspecified atom stereocenters. The van der Waals surface area contributed by atoms with Crippen LogP contribution >= 0.6 is 0 Å². The zero-order valence-corrected chi connectivity index (χ0v) is 7.81. The Bertz CT molecular complexity index is 502. The van der Waals surface area contributed by atoms with E-state index in [1.807, 2.05) is 30.3 Å². The van der Waals surface area contributed by atoms with Gasteiger partial charge in [-0.3, -0.25) is 4.79 Å². The largest absolute Gasteiger partial charge is 0.329 e. The van der Waals surface area contributed by atoms with Gasteiger partial charge in [0.15, 0.2) is 0 Å². The standard InChI is InChI=1S/C11H12N2O/c12-7-8-13-10-4-2-1-3-9(10)5-6-11(13)14/h1-6H,7-8,12H2. The van der Waals surface area contributed by atoms with Gasteiger partial charge in [0.25, 0.3) is 5.56 Å². The van der Waals surface area contributed by atoms with E-state index in [2.05, 4.69) is 0 Å². The molecule has 0 saturated heterocycles. The van der Waals surface area contributed by atoms with Crippen molar-refractivity contribution in [3.05, 3.63) is 46.8 Å². The van der Waals surface area contributed by atoms with Gasteiger partial charge in [-0.2, -0.15) is 0 Å². The first kappa shape index (κ1) is 8.97. The Morgan fingerprint density at radius 2 is 1.93 bits per heavy atom. The summed E-state index contributed by atoms with van der Waals surface area (Å²) in [7, 11) is 0. The summed E-state index contributed by atoms with van der Waals surface area (Å²) < 4.78 is 1.70. The average Bonchev–Trinajstić information content (AvgIpc) is 2.23. The normalized spacial score (nSPS) is 10.6. The number of nitrogens with two attached hydrogens (primary N) is 1. The first-order valence-corrected chi connectivity index (χ1v) is 4.61. The van der Waals surface area contributed by atoms with Crippen molar-refractivity contribution in [1.29, 1.82) is 0 Å². The average molecular weight is 188 g/mol. The van der Waals surface area contributed by atoms with Gasteiger partial charge in [0.05, 0.1) is 5.52 Å². The molecule has 2 aromatic rings. The Hall–Kier alpha value is -1.61. The number of hydrogen-bond donors (Lipinski definition) is 1. The fraction of sp³-hybridized carbons (Fsp3) is 0.182. The molecule has 2 N–H and O–H groups in total. The second-order valence-corrected chi connectivity index (χ2v) is 3.17. The molecule has 3 nitrogen and oxygen atoms in total. The maximum absolute atomic E-state index is 11.5. The van der Waals surface area contributed by atoms with Crippen LogP contribution < -0.4 is 11.3 Å². The second kappa shape index (κ2) is 3.64. The third-order valence-corrected chi connectivity index (χ3v) is 2.25. The van der Waals surface area contributed by atoms with Gasteiger partial charge < -0.3 is 10.3 Å². The van der Waals surface area contributed by atoms with Gasteiger partial charge in [0, 0.05) is 19.2 Å². The highest BCUT2D eigenvalue weighted by atomic mass is 16.1. The first-order valence-electron chi connectivity index (χ1n) is 4.61. The maximum Gasteiger partial charge on any atom is 0.251 e. The lowest BCUT2D eigenvalue weighted by Gasteiger charge is -2.07. The Kier molecular flexibility index (Phi) is 2.33. The molecule has 14 heavy (non-hydrogen) atoms. The van der Waals surface area contributed by atoms with E-state index in [1.54, 1.807) is 10.6 Å². The van der Waals surface area contributed by atoms with E-state index in [0.29, 0.717) is 13.1 Å². The third kappa shape index (κ3) is 1.42. The molecule has 0 spiro atoms. The molecular weight excluding hydrogens is 176 g/mol. The van der Waals surface area contributed by atoms with Crippen LogP contribution in [0.1, 0.15) is 0 Å². The molecule has 0 aliphatic carbocycles. The maximum atomic E-state index is 11.5. The molecule has 0 aliphatic rings. The zero-order chi connectivity index (χ0) is 9.97.